The number of imidazole rings is 1. The first-order valence-corrected chi connectivity index (χ1v) is 15.4. The summed E-state index contributed by atoms with van der Waals surface area (Å²) < 4.78 is 32.1. The Morgan fingerprint density at radius 2 is 1.93 bits per heavy atom. The van der Waals surface area contributed by atoms with Crippen molar-refractivity contribution in [3.63, 3.8) is 0 Å². The monoisotopic (exact) mass is 583 g/mol. The highest BCUT2D eigenvalue weighted by Gasteiger charge is 2.28. The van der Waals surface area contributed by atoms with Gasteiger partial charge in [-0.2, -0.15) is 14.7 Å². The second-order valence-electron chi connectivity index (χ2n) is 10.4. The minimum atomic E-state index is -3.68. The Morgan fingerprint density at radius 1 is 1.14 bits per heavy atom. The molecule has 42 heavy (non-hydrogen) atoms. The Labute approximate surface area is 246 Å². The number of hydrogen-bond donors (Lipinski definition) is 1. The molecule has 1 aliphatic heterocycles. The molecule has 1 N–H and O–H groups in total. The lowest BCUT2D eigenvalue weighted by Crippen LogP contribution is -2.37. The van der Waals surface area contributed by atoms with Crippen molar-refractivity contribution < 1.29 is 13.2 Å². The smallest absolute Gasteiger partial charge is 0.261 e. The SMILES string of the molecule is CC1CCN(S(=O)(=O)c2cccc(-c3nn(-c4ccccc4)cc3/C=C(\C#N)C(=O)NCCCn3ccnc3)c2)CC1. The normalized spacial score (nSPS) is 14.9. The Hall–Kier alpha value is -4.53. The Bertz CT molecular complexity index is 1700. The standard InChI is InChI=1S/C31H33N7O3S/c1-24-11-16-37(17-12-24)42(40,41)29-10-5-7-25(20-29)30-27(22-38(35-30)28-8-3-2-4-9-28)19-26(21-32)31(39)34-13-6-15-36-18-14-33-23-36/h2-5,7-10,14,18-20,22-24H,6,11-13,15-17H2,1H3,(H,34,39)/b26-19+. The summed E-state index contributed by atoms with van der Waals surface area (Å²) in [6.45, 7) is 4.21. The van der Waals surface area contributed by atoms with E-state index >= 15 is 0 Å². The molecule has 1 amide bonds. The number of aromatic nitrogens is 4. The van der Waals surface area contributed by atoms with Crippen LogP contribution in [0.5, 0.6) is 0 Å². The van der Waals surface area contributed by atoms with Gasteiger partial charge in [0, 0.05) is 55.9 Å². The summed E-state index contributed by atoms with van der Waals surface area (Å²) in [5.41, 5.74) is 2.26. The maximum Gasteiger partial charge on any atom is 0.261 e. The molecule has 1 aliphatic rings. The fourth-order valence-electron chi connectivity index (χ4n) is 4.89. The molecule has 3 heterocycles. The van der Waals surface area contributed by atoms with E-state index in [4.69, 9.17) is 5.10 Å². The average Bonchev–Trinajstić information content (AvgIpc) is 3.69. The minimum Gasteiger partial charge on any atom is -0.351 e. The van der Waals surface area contributed by atoms with Gasteiger partial charge >= 0.3 is 0 Å². The minimum absolute atomic E-state index is 0.0716. The predicted molar refractivity (Wildman–Crippen MR) is 160 cm³/mol. The lowest BCUT2D eigenvalue weighted by atomic mass is 10.0. The number of piperidine rings is 1. The van der Waals surface area contributed by atoms with Crippen molar-refractivity contribution in [2.24, 2.45) is 5.92 Å². The van der Waals surface area contributed by atoms with Gasteiger partial charge in [-0.3, -0.25) is 4.79 Å². The number of nitriles is 1. The van der Waals surface area contributed by atoms with Crippen molar-refractivity contribution in [3.05, 3.63) is 90.7 Å². The molecule has 216 valence electrons. The second-order valence-corrected chi connectivity index (χ2v) is 12.3. The summed E-state index contributed by atoms with van der Waals surface area (Å²) in [4.78, 5) is 17.1. The van der Waals surface area contributed by atoms with Crippen molar-refractivity contribution in [2.45, 2.75) is 37.6 Å². The first-order chi connectivity index (χ1) is 20.3. The Morgan fingerprint density at radius 3 is 2.64 bits per heavy atom. The number of para-hydroxylation sites is 1. The van der Waals surface area contributed by atoms with E-state index in [1.165, 1.54) is 6.08 Å². The molecule has 0 aliphatic carbocycles. The third-order valence-electron chi connectivity index (χ3n) is 7.35. The van der Waals surface area contributed by atoms with Gasteiger partial charge in [-0.05, 0) is 55.5 Å². The largest absolute Gasteiger partial charge is 0.351 e. The van der Waals surface area contributed by atoms with Gasteiger partial charge in [0.05, 0.1) is 16.9 Å². The molecule has 5 rings (SSSR count). The zero-order chi connectivity index (χ0) is 29.5. The Balaban J connectivity index is 1.45. The molecule has 2 aromatic heterocycles. The molecular weight excluding hydrogens is 550 g/mol. The van der Waals surface area contributed by atoms with Gasteiger partial charge in [0.25, 0.3) is 5.91 Å². The Kier molecular flexibility index (Phi) is 8.95. The molecule has 0 saturated carbocycles. The van der Waals surface area contributed by atoms with Crippen molar-refractivity contribution in [3.8, 4) is 23.0 Å². The van der Waals surface area contributed by atoms with Crippen LogP contribution in [-0.4, -0.2) is 57.6 Å². The number of rotatable bonds is 10. The summed E-state index contributed by atoms with van der Waals surface area (Å²) in [6, 6.07) is 18.2. The van der Waals surface area contributed by atoms with Gasteiger partial charge in [0.1, 0.15) is 17.3 Å². The molecule has 0 bridgehead atoms. The number of sulfonamides is 1. The van der Waals surface area contributed by atoms with Crippen LogP contribution >= 0.6 is 0 Å². The van der Waals surface area contributed by atoms with E-state index in [-0.39, 0.29) is 10.5 Å². The highest BCUT2D eigenvalue weighted by atomic mass is 32.2. The van der Waals surface area contributed by atoms with Crippen molar-refractivity contribution in [1.29, 1.82) is 5.26 Å². The van der Waals surface area contributed by atoms with Gasteiger partial charge in [0.2, 0.25) is 10.0 Å². The zero-order valence-corrected chi connectivity index (χ0v) is 24.2. The average molecular weight is 584 g/mol. The number of aryl methyl sites for hydroxylation is 1. The number of benzene rings is 2. The maximum atomic E-state index is 13.5. The van der Waals surface area contributed by atoms with E-state index in [2.05, 4.69) is 17.2 Å². The van der Waals surface area contributed by atoms with Crippen LogP contribution < -0.4 is 5.32 Å². The summed E-state index contributed by atoms with van der Waals surface area (Å²) >= 11 is 0. The molecule has 1 saturated heterocycles. The van der Waals surface area contributed by atoms with Crippen molar-refractivity contribution >= 4 is 22.0 Å². The second kappa shape index (κ2) is 13.0. The van der Waals surface area contributed by atoms with Crippen LogP contribution in [0.3, 0.4) is 0 Å². The fourth-order valence-corrected chi connectivity index (χ4v) is 6.41. The van der Waals surface area contributed by atoms with Crippen LogP contribution in [0.15, 0.2) is 90.0 Å². The molecule has 0 unspecified atom stereocenters. The van der Waals surface area contributed by atoms with E-state index in [0.29, 0.717) is 55.3 Å². The van der Waals surface area contributed by atoms with E-state index in [0.717, 1.165) is 18.5 Å². The topological polar surface area (TPSA) is 126 Å². The number of hydrogen-bond acceptors (Lipinski definition) is 6. The van der Waals surface area contributed by atoms with Crippen LogP contribution in [0.25, 0.3) is 23.0 Å². The van der Waals surface area contributed by atoms with E-state index in [1.807, 2.05) is 47.2 Å². The third kappa shape index (κ3) is 6.67. The van der Waals surface area contributed by atoms with E-state index in [9.17, 15) is 18.5 Å². The summed E-state index contributed by atoms with van der Waals surface area (Å²) in [6.07, 6.45) is 10.8. The lowest BCUT2D eigenvalue weighted by Gasteiger charge is -2.29. The molecular formula is C31H33N7O3S. The quantitative estimate of drug-likeness (QED) is 0.169. The molecule has 2 aromatic carbocycles. The molecule has 0 radical (unpaired) electrons. The highest BCUT2D eigenvalue weighted by molar-refractivity contribution is 7.89. The third-order valence-corrected chi connectivity index (χ3v) is 9.25. The predicted octanol–water partition coefficient (Wildman–Crippen LogP) is 4.27. The van der Waals surface area contributed by atoms with Crippen LogP contribution in [0, 0.1) is 17.2 Å². The van der Waals surface area contributed by atoms with Crippen molar-refractivity contribution in [2.75, 3.05) is 19.6 Å². The van der Waals surface area contributed by atoms with Gasteiger partial charge in [-0.1, -0.05) is 37.3 Å². The first-order valence-electron chi connectivity index (χ1n) is 14.0. The van der Waals surface area contributed by atoms with Crippen LogP contribution in [-0.2, 0) is 21.4 Å². The molecule has 10 nitrogen and oxygen atoms in total. The van der Waals surface area contributed by atoms with E-state index in [1.54, 1.807) is 52.0 Å². The number of nitrogens with one attached hydrogen (secondary N) is 1. The maximum absolute atomic E-state index is 13.5. The van der Waals surface area contributed by atoms with Gasteiger partial charge in [-0.25, -0.2) is 18.1 Å². The van der Waals surface area contributed by atoms with Crippen LogP contribution in [0.2, 0.25) is 0 Å². The molecule has 4 aromatic rings. The number of carbonyl (C=O) groups is 1. The first kappa shape index (κ1) is 29.0. The van der Waals surface area contributed by atoms with Gasteiger partial charge < -0.3 is 9.88 Å². The van der Waals surface area contributed by atoms with E-state index < -0.39 is 15.9 Å². The molecule has 11 heteroatoms. The van der Waals surface area contributed by atoms with Crippen LogP contribution in [0.1, 0.15) is 31.7 Å². The number of amides is 1. The van der Waals surface area contributed by atoms with Crippen LogP contribution in [0.4, 0.5) is 0 Å². The molecule has 0 atom stereocenters. The summed E-state index contributed by atoms with van der Waals surface area (Å²) in [7, 11) is -3.68. The van der Waals surface area contributed by atoms with Gasteiger partial charge in [0.15, 0.2) is 0 Å². The highest BCUT2D eigenvalue weighted by Crippen LogP contribution is 2.30. The molecule has 1 fully saturated rings. The zero-order valence-electron chi connectivity index (χ0n) is 23.4. The van der Waals surface area contributed by atoms with Gasteiger partial charge in [-0.15, -0.1) is 0 Å². The number of carbonyl (C=O) groups excluding carboxylic acids is 1. The summed E-state index contributed by atoms with van der Waals surface area (Å²) in [5.74, 6) is 0.0134. The number of nitrogens with zero attached hydrogens (tertiary/aromatic N) is 6. The lowest BCUT2D eigenvalue weighted by molar-refractivity contribution is -0.117. The molecule has 0 spiro atoms. The van der Waals surface area contributed by atoms with Crippen molar-refractivity contribution in [1.82, 2.24) is 29.0 Å². The fraction of sp³-hybridized carbons (Fsp3) is 0.290. The summed E-state index contributed by atoms with van der Waals surface area (Å²) in [5, 5.41) is 17.4.